The molecule has 9 nitrogen and oxygen atoms in total. The van der Waals surface area contributed by atoms with Crippen LogP contribution in [0.25, 0.3) is 0 Å². The van der Waals surface area contributed by atoms with Crippen LogP contribution in [0.3, 0.4) is 0 Å². The third-order valence-corrected chi connectivity index (χ3v) is 5.37. The van der Waals surface area contributed by atoms with Crippen molar-refractivity contribution in [2.24, 2.45) is 0 Å². The lowest BCUT2D eigenvalue weighted by Gasteiger charge is -2.35. The molecule has 2 aromatic rings. The van der Waals surface area contributed by atoms with Gasteiger partial charge in [0.2, 0.25) is 5.91 Å². The molecule has 0 atom stereocenters. The van der Waals surface area contributed by atoms with Crippen LogP contribution < -0.4 is 10.2 Å². The molecule has 2 aromatic heterocycles. The van der Waals surface area contributed by atoms with E-state index in [4.69, 9.17) is 0 Å². The zero-order chi connectivity index (χ0) is 19.9. The maximum Gasteiger partial charge on any atom is 0.287 e. The normalized spacial score (nSPS) is 14.0. The Morgan fingerprint density at radius 3 is 2.61 bits per heavy atom. The van der Waals surface area contributed by atoms with E-state index in [-0.39, 0.29) is 17.5 Å². The van der Waals surface area contributed by atoms with E-state index in [1.54, 1.807) is 12.1 Å². The highest BCUT2D eigenvalue weighted by Crippen LogP contribution is 2.17. The lowest BCUT2D eigenvalue weighted by atomic mass is 10.2. The number of rotatable bonds is 7. The van der Waals surface area contributed by atoms with E-state index in [0.717, 1.165) is 0 Å². The monoisotopic (exact) mass is 403 g/mol. The summed E-state index contributed by atoms with van der Waals surface area (Å²) in [6.45, 7) is 2.89. The van der Waals surface area contributed by atoms with Gasteiger partial charge in [0.25, 0.3) is 11.6 Å². The van der Waals surface area contributed by atoms with E-state index < -0.39 is 4.92 Å². The Bertz CT molecular complexity index is 817. The van der Waals surface area contributed by atoms with Crippen molar-refractivity contribution in [2.75, 3.05) is 37.6 Å². The lowest BCUT2D eigenvalue weighted by molar-refractivity contribution is -0.385. The summed E-state index contributed by atoms with van der Waals surface area (Å²) in [7, 11) is 0. The van der Waals surface area contributed by atoms with E-state index in [9.17, 15) is 19.7 Å². The molecule has 0 saturated carbocycles. The number of pyridine rings is 1. The molecule has 1 N–H and O–H groups in total. The summed E-state index contributed by atoms with van der Waals surface area (Å²) in [6.07, 6.45) is 2.23. The van der Waals surface area contributed by atoms with E-state index in [1.807, 2.05) is 21.2 Å². The number of nitrogens with one attached hydrogen (secondary N) is 1. The van der Waals surface area contributed by atoms with Crippen LogP contribution in [0.15, 0.2) is 35.8 Å². The Hall–Kier alpha value is -3.01. The van der Waals surface area contributed by atoms with Gasteiger partial charge in [-0.05, 0) is 23.9 Å². The van der Waals surface area contributed by atoms with Crippen LogP contribution in [0.2, 0.25) is 0 Å². The number of piperazine rings is 1. The zero-order valence-electron chi connectivity index (χ0n) is 15.2. The molecule has 0 radical (unpaired) electrons. The molecule has 0 bridgehead atoms. The van der Waals surface area contributed by atoms with Gasteiger partial charge in [-0.25, -0.2) is 4.98 Å². The maximum absolute atomic E-state index is 12.3. The predicted molar refractivity (Wildman–Crippen MR) is 106 cm³/mol. The van der Waals surface area contributed by atoms with E-state index in [2.05, 4.69) is 10.3 Å². The fourth-order valence-corrected chi connectivity index (χ4v) is 3.59. The molecule has 0 aromatic carbocycles. The number of carbonyl (C=O) groups is 2. The Balaban J connectivity index is 1.37. The highest BCUT2D eigenvalue weighted by atomic mass is 32.1. The largest absolute Gasteiger partial charge is 0.353 e. The Morgan fingerprint density at radius 1 is 1.21 bits per heavy atom. The fraction of sp³-hybridized carbons (Fsp3) is 0.389. The first-order valence-corrected chi connectivity index (χ1v) is 9.87. The second kappa shape index (κ2) is 9.27. The third kappa shape index (κ3) is 5.03. The van der Waals surface area contributed by atoms with Crippen LogP contribution in [0, 0.1) is 10.1 Å². The first-order chi connectivity index (χ1) is 13.5. The highest BCUT2D eigenvalue weighted by molar-refractivity contribution is 7.12. The van der Waals surface area contributed by atoms with Crippen LogP contribution in [-0.2, 0) is 4.79 Å². The van der Waals surface area contributed by atoms with Crippen LogP contribution in [-0.4, -0.2) is 59.3 Å². The quantitative estimate of drug-likeness (QED) is 0.430. The molecule has 148 valence electrons. The number of hydrogen-bond acceptors (Lipinski definition) is 7. The Labute approximate surface area is 166 Å². The van der Waals surface area contributed by atoms with Crippen molar-refractivity contribution >= 4 is 34.7 Å². The van der Waals surface area contributed by atoms with Gasteiger partial charge in [-0.2, -0.15) is 0 Å². The van der Waals surface area contributed by atoms with Gasteiger partial charge in [0.15, 0.2) is 0 Å². The average molecular weight is 403 g/mol. The first-order valence-electron chi connectivity index (χ1n) is 8.99. The maximum atomic E-state index is 12.3. The Morgan fingerprint density at radius 2 is 2.00 bits per heavy atom. The summed E-state index contributed by atoms with van der Waals surface area (Å²) < 4.78 is 0. The minimum atomic E-state index is -0.476. The number of hydrogen-bond donors (Lipinski definition) is 1. The van der Waals surface area contributed by atoms with Gasteiger partial charge in [0.05, 0.1) is 9.80 Å². The smallest absolute Gasteiger partial charge is 0.287 e. The SMILES string of the molecule is O=C(NCCCC(=O)N1CCN(c2ccc([N+](=O)[O-])cn2)CC1)c1cccs1. The molecule has 3 rings (SSSR count). The number of thiophene rings is 1. The molecule has 0 aliphatic carbocycles. The third-order valence-electron chi connectivity index (χ3n) is 4.50. The first kappa shape index (κ1) is 19.7. The number of nitrogens with zero attached hydrogens (tertiary/aromatic N) is 4. The van der Waals surface area contributed by atoms with Crippen molar-refractivity contribution in [3.05, 3.63) is 50.8 Å². The summed E-state index contributed by atoms with van der Waals surface area (Å²) in [5.41, 5.74) is -0.0382. The van der Waals surface area contributed by atoms with Crippen molar-refractivity contribution in [3.63, 3.8) is 0 Å². The summed E-state index contributed by atoms with van der Waals surface area (Å²) in [5, 5.41) is 15.4. The van der Waals surface area contributed by atoms with Gasteiger partial charge in [-0.1, -0.05) is 6.07 Å². The minimum Gasteiger partial charge on any atom is -0.353 e. The van der Waals surface area contributed by atoms with Gasteiger partial charge in [-0.15, -0.1) is 11.3 Å². The van der Waals surface area contributed by atoms with Crippen LogP contribution >= 0.6 is 11.3 Å². The van der Waals surface area contributed by atoms with Gasteiger partial charge < -0.3 is 15.1 Å². The molecule has 3 heterocycles. The molecule has 1 saturated heterocycles. The molecular formula is C18H21N5O4S. The zero-order valence-corrected chi connectivity index (χ0v) is 16.1. The number of carbonyl (C=O) groups excluding carboxylic acids is 2. The number of anilines is 1. The number of amides is 2. The van der Waals surface area contributed by atoms with E-state index in [1.165, 1.54) is 23.6 Å². The summed E-state index contributed by atoms with van der Waals surface area (Å²) in [4.78, 5) is 43.0. The molecule has 0 unspecified atom stereocenters. The van der Waals surface area contributed by atoms with Crippen molar-refractivity contribution in [1.29, 1.82) is 0 Å². The topological polar surface area (TPSA) is 109 Å². The highest BCUT2D eigenvalue weighted by Gasteiger charge is 2.22. The minimum absolute atomic E-state index is 0.0382. The Kier molecular flexibility index (Phi) is 6.53. The lowest BCUT2D eigenvalue weighted by Crippen LogP contribution is -2.49. The predicted octanol–water partition coefficient (Wildman–Crippen LogP) is 1.91. The molecule has 0 spiro atoms. The summed E-state index contributed by atoms with van der Waals surface area (Å²) in [6, 6.07) is 6.66. The number of aromatic nitrogens is 1. The van der Waals surface area contributed by atoms with Crippen molar-refractivity contribution in [1.82, 2.24) is 15.2 Å². The molecule has 10 heteroatoms. The second-order valence-electron chi connectivity index (χ2n) is 6.34. The van der Waals surface area contributed by atoms with Crippen molar-refractivity contribution < 1.29 is 14.5 Å². The van der Waals surface area contributed by atoms with Crippen molar-refractivity contribution in [2.45, 2.75) is 12.8 Å². The standard InChI is InChI=1S/C18H21N5O4S/c24-17(4-1-7-19-18(25)15-3-2-12-28-15)22-10-8-21(9-11-22)16-6-5-14(13-20-16)23(26)27/h2-3,5-6,12-13H,1,4,7-11H2,(H,19,25). The summed E-state index contributed by atoms with van der Waals surface area (Å²) >= 11 is 1.39. The average Bonchev–Trinajstić information content (AvgIpc) is 3.26. The molecule has 1 aliphatic heterocycles. The summed E-state index contributed by atoms with van der Waals surface area (Å²) in [5.74, 6) is 0.641. The van der Waals surface area contributed by atoms with Crippen LogP contribution in [0.1, 0.15) is 22.5 Å². The van der Waals surface area contributed by atoms with E-state index >= 15 is 0 Å². The van der Waals surface area contributed by atoms with Gasteiger partial charge in [-0.3, -0.25) is 19.7 Å². The molecule has 1 aliphatic rings. The van der Waals surface area contributed by atoms with E-state index in [0.29, 0.717) is 56.3 Å². The van der Waals surface area contributed by atoms with Gasteiger partial charge in [0.1, 0.15) is 12.0 Å². The van der Waals surface area contributed by atoms with Crippen LogP contribution in [0.4, 0.5) is 11.5 Å². The van der Waals surface area contributed by atoms with Gasteiger partial charge >= 0.3 is 0 Å². The molecular weight excluding hydrogens is 382 g/mol. The number of nitro groups is 1. The van der Waals surface area contributed by atoms with Crippen molar-refractivity contribution in [3.8, 4) is 0 Å². The van der Waals surface area contributed by atoms with Gasteiger partial charge in [0, 0.05) is 45.2 Å². The molecule has 28 heavy (non-hydrogen) atoms. The molecule has 2 amide bonds. The molecule has 1 fully saturated rings. The second-order valence-corrected chi connectivity index (χ2v) is 7.28. The van der Waals surface area contributed by atoms with Crippen LogP contribution in [0.5, 0.6) is 0 Å². The fourth-order valence-electron chi connectivity index (χ4n) is 2.95.